The van der Waals surface area contributed by atoms with Gasteiger partial charge in [0.15, 0.2) is 0 Å². The van der Waals surface area contributed by atoms with Crippen LogP contribution < -0.4 is 0 Å². The quantitative estimate of drug-likeness (QED) is 0.739. The summed E-state index contributed by atoms with van der Waals surface area (Å²) in [5.74, 6) is -0.551. The minimum absolute atomic E-state index is 0.0979. The molecule has 8 nitrogen and oxygen atoms in total. The van der Waals surface area contributed by atoms with Gasteiger partial charge in [-0.25, -0.2) is 0 Å². The molecule has 0 aliphatic carbocycles. The van der Waals surface area contributed by atoms with Crippen LogP contribution >= 0.6 is 11.5 Å². The van der Waals surface area contributed by atoms with Crippen LogP contribution in [-0.4, -0.2) is 81.8 Å². The maximum Gasteiger partial charge on any atom is 0.268 e. The van der Waals surface area contributed by atoms with E-state index >= 15 is 0 Å². The van der Waals surface area contributed by atoms with Gasteiger partial charge in [-0.3, -0.25) is 14.4 Å². The normalized spacial score (nSPS) is 18.3. The molecule has 1 aromatic rings. The molecule has 120 valence electrons. The lowest BCUT2D eigenvalue weighted by atomic mass is 10.1. The van der Waals surface area contributed by atoms with Gasteiger partial charge < -0.3 is 14.7 Å². The van der Waals surface area contributed by atoms with E-state index in [0.717, 1.165) is 11.5 Å². The van der Waals surface area contributed by atoms with Crippen LogP contribution in [0.4, 0.5) is 0 Å². The molecular formula is C13H19N5O3S. The number of likely N-dealkylation sites (N-methyl/N-ethyl adjacent to an activating group) is 1. The first-order valence-electron chi connectivity index (χ1n) is 6.89. The maximum absolute atomic E-state index is 12.7. The zero-order valence-electron chi connectivity index (χ0n) is 13.1. The first-order chi connectivity index (χ1) is 10.3. The topological polar surface area (TPSA) is 86.7 Å². The van der Waals surface area contributed by atoms with Gasteiger partial charge in [-0.15, -0.1) is 5.10 Å². The molecule has 1 aromatic heterocycles. The Kier molecular flexibility index (Phi) is 4.74. The van der Waals surface area contributed by atoms with Gasteiger partial charge in [0, 0.05) is 34.1 Å². The van der Waals surface area contributed by atoms with Gasteiger partial charge in [-0.2, -0.15) is 0 Å². The highest BCUT2D eigenvalue weighted by Crippen LogP contribution is 2.19. The Morgan fingerprint density at radius 1 is 1.27 bits per heavy atom. The second-order valence-corrected chi connectivity index (χ2v) is 6.15. The Morgan fingerprint density at radius 3 is 2.45 bits per heavy atom. The smallest absolute Gasteiger partial charge is 0.268 e. The molecule has 1 fully saturated rings. The lowest BCUT2D eigenvalue weighted by molar-refractivity contribution is -0.139. The maximum atomic E-state index is 12.7. The molecule has 0 radical (unpaired) electrons. The third-order valence-electron chi connectivity index (χ3n) is 3.66. The van der Waals surface area contributed by atoms with Crippen LogP contribution in [-0.2, 0) is 9.59 Å². The van der Waals surface area contributed by atoms with E-state index in [1.165, 1.54) is 16.7 Å². The molecule has 0 saturated carbocycles. The van der Waals surface area contributed by atoms with E-state index < -0.39 is 6.04 Å². The van der Waals surface area contributed by atoms with Crippen LogP contribution in [0.5, 0.6) is 0 Å². The van der Waals surface area contributed by atoms with Gasteiger partial charge in [0.1, 0.15) is 10.9 Å². The van der Waals surface area contributed by atoms with Crippen molar-refractivity contribution in [3.8, 4) is 0 Å². The summed E-state index contributed by atoms with van der Waals surface area (Å²) in [7, 11) is 3.27. The molecule has 1 unspecified atom stereocenters. The Hall–Kier alpha value is -2.03. The lowest BCUT2D eigenvalue weighted by Crippen LogP contribution is -2.61. The number of carbonyl (C=O) groups excluding carboxylic acids is 3. The van der Waals surface area contributed by atoms with Crippen LogP contribution in [0.25, 0.3) is 0 Å². The van der Waals surface area contributed by atoms with E-state index in [4.69, 9.17) is 0 Å². The zero-order valence-corrected chi connectivity index (χ0v) is 13.9. The fourth-order valence-electron chi connectivity index (χ4n) is 2.38. The molecule has 1 saturated heterocycles. The summed E-state index contributed by atoms with van der Waals surface area (Å²) in [6, 6.07) is -0.679. The van der Waals surface area contributed by atoms with E-state index in [1.807, 2.05) is 0 Å². The van der Waals surface area contributed by atoms with Crippen molar-refractivity contribution in [2.24, 2.45) is 0 Å². The number of hydrogen-bond acceptors (Lipinski definition) is 6. The summed E-state index contributed by atoms with van der Waals surface area (Å²) in [6.07, 6.45) is 0. The van der Waals surface area contributed by atoms with Crippen molar-refractivity contribution in [1.29, 1.82) is 0 Å². The van der Waals surface area contributed by atoms with E-state index in [2.05, 4.69) is 9.59 Å². The summed E-state index contributed by atoms with van der Waals surface area (Å²) in [4.78, 5) is 41.6. The number of nitrogens with zero attached hydrogens (tertiary/aromatic N) is 5. The van der Waals surface area contributed by atoms with Crippen LogP contribution in [0, 0.1) is 6.92 Å². The van der Waals surface area contributed by atoms with Crippen LogP contribution in [0.3, 0.4) is 0 Å². The second kappa shape index (κ2) is 6.39. The monoisotopic (exact) mass is 325 g/mol. The molecule has 22 heavy (non-hydrogen) atoms. The SMILES string of the molecule is CC(=O)N1CCN(C(=O)c2snnc2C)C(C(=O)N(C)C)C1. The van der Waals surface area contributed by atoms with Crippen molar-refractivity contribution < 1.29 is 14.4 Å². The van der Waals surface area contributed by atoms with Crippen molar-refractivity contribution in [3.05, 3.63) is 10.6 Å². The predicted octanol–water partition coefficient (Wildman–Crippen LogP) is -0.392. The average Bonchev–Trinajstić information content (AvgIpc) is 2.91. The predicted molar refractivity (Wildman–Crippen MR) is 80.4 cm³/mol. The Balaban J connectivity index is 2.28. The summed E-state index contributed by atoms with van der Waals surface area (Å²) < 4.78 is 3.77. The minimum Gasteiger partial charge on any atom is -0.347 e. The highest BCUT2D eigenvalue weighted by Gasteiger charge is 2.38. The number of aryl methyl sites for hydroxylation is 1. The van der Waals surface area contributed by atoms with Crippen molar-refractivity contribution in [2.45, 2.75) is 19.9 Å². The van der Waals surface area contributed by atoms with Gasteiger partial charge in [0.2, 0.25) is 11.8 Å². The molecule has 1 atom stereocenters. The summed E-state index contributed by atoms with van der Waals surface area (Å²) in [6.45, 7) is 4.13. The number of rotatable bonds is 2. The van der Waals surface area contributed by atoms with E-state index in [-0.39, 0.29) is 24.3 Å². The molecule has 0 N–H and O–H groups in total. The van der Waals surface area contributed by atoms with Crippen LogP contribution in [0.15, 0.2) is 0 Å². The average molecular weight is 325 g/mol. The summed E-state index contributed by atoms with van der Waals surface area (Å²) >= 11 is 1.02. The highest BCUT2D eigenvalue weighted by atomic mass is 32.1. The highest BCUT2D eigenvalue weighted by molar-refractivity contribution is 7.08. The number of piperazine rings is 1. The lowest BCUT2D eigenvalue weighted by Gasteiger charge is -2.40. The van der Waals surface area contributed by atoms with Gasteiger partial charge in [0.25, 0.3) is 5.91 Å². The van der Waals surface area contributed by atoms with E-state index in [1.54, 1.807) is 25.9 Å². The molecule has 1 aliphatic heterocycles. The van der Waals surface area contributed by atoms with Gasteiger partial charge in [-0.1, -0.05) is 4.49 Å². The summed E-state index contributed by atoms with van der Waals surface area (Å²) in [5, 5.41) is 3.84. The molecule has 9 heteroatoms. The minimum atomic E-state index is -0.679. The van der Waals surface area contributed by atoms with E-state index in [0.29, 0.717) is 23.7 Å². The summed E-state index contributed by atoms with van der Waals surface area (Å²) in [5.41, 5.74) is 0.556. The Morgan fingerprint density at radius 2 is 1.95 bits per heavy atom. The van der Waals surface area contributed by atoms with Gasteiger partial charge >= 0.3 is 0 Å². The third kappa shape index (κ3) is 3.08. The van der Waals surface area contributed by atoms with E-state index in [9.17, 15) is 14.4 Å². The second-order valence-electron chi connectivity index (χ2n) is 5.40. The number of aromatic nitrogens is 2. The van der Waals surface area contributed by atoms with Crippen LogP contribution in [0.2, 0.25) is 0 Å². The molecule has 0 spiro atoms. The standard InChI is InChI=1S/C13H19N5O3S/c1-8-11(22-15-14-8)13(21)18-6-5-17(9(2)19)7-10(18)12(20)16(3)4/h10H,5-7H2,1-4H3. The molecule has 3 amide bonds. The van der Waals surface area contributed by atoms with Crippen molar-refractivity contribution >= 4 is 29.3 Å². The number of carbonyl (C=O) groups is 3. The molecule has 2 rings (SSSR count). The number of amides is 3. The van der Waals surface area contributed by atoms with Crippen molar-refractivity contribution in [1.82, 2.24) is 24.3 Å². The molecule has 0 aromatic carbocycles. The fourth-order valence-corrected chi connectivity index (χ4v) is 2.99. The van der Waals surface area contributed by atoms with Crippen molar-refractivity contribution in [2.75, 3.05) is 33.7 Å². The number of hydrogen-bond donors (Lipinski definition) is 0. The fraction of sp³-hybridized carbons (Fsp3) is 0.615. The molecule has 1 aliphatic rings. The van der Waals surface area contributed by atoms with Crippen LogP contribution in [0.1, 0.15) is 22.3 Å². The molecule has 2 heterocycles. The van der Waals surface area contributed by atoms with Crippen molar-refractivity contribution in [3.63, 3.8) is 0 Å². The molecular weight excluding hydrogens is 306 g/mol. The Bertz CT molecular complexity index is 600. The van der Waals surface area contributed by atoms with Gasteiger partial charge in [0.05, 0.1) is 12.2 Å². The first kappa shape index (κ1) is 16.3. The largest absolute Gasteiger partial charge is 0.347 e. The Labute approximate surface area is 132 Å². The van der Waals surface area contributed by atoms with Gasteiger partial charge in [-0.05, 0) is 18.5 Å². The first-order valence-corrected chi connectivity index (χ1v) is 7.67. The molecule has 0 bridgehead atoms. The third-order valence-corrected chi connectivity index (χ3v) is 4.47. The zero-order chi connectivity index (χ0) is 16.4.